The number of carboxylic acid groups (broad SMARTS) is 1. The number of hydrogen-bond donors (Lipinski definition) is 2. The van der Waals surface area contributed by atoms with Crippen LogP contribution in [-0.4, -0.2) is 41.6 Å². The third-order valence-corrected chi connectivity index (χ3v) is 8.49. The average Bonchev–Trinajstić information content (AvgIpc) is 3.52. The molecule has 176 valence electrons. The van der Waals surface area contributed by atoms with Crippen molar-refractivity contribution >= 4 is 22.7 Å². The number of halogens is 1. The first-order chi connectivity index (χ1) is 15.8. The van der Waals surface area contributed by atoms with E-state index in [0.29, 0.717) is 41.3 Å². The standard InChI is InChI=1S/C24H28FN3O5/c1-32-22-19-14(21(29)18(33-23(30)31)11-28(19)13-2-3-13)8-17(25)20(22)27-9-15-12-4-6-24(26,7-5-12)16(15)10-27/h8,11-13,15-16H,2-7,9-10,26H2,1H3,(H,30,31). The van der Waals surface area contributed by atoms with Gasteiger partial charge in [-0.2, -0.15) is 0 Å². The molecule has 0 radical (unpaired) electrons. The molecule has 1 aromatic heterocycles. The van der Waals surface area contributed by atoms with Gasteiger partial charge in [0.25, 0.3) is 0 Å². The van der Waals surface area contributed by atoms with Crippen LogP contribution in [0.3, 0.4) is 0 Å². The molecule has 2 unspecified atom stereocenters. The second kappa shape index (κ2) is 7.09. The van der Waals surface area contributed by atoms with Crippen LogP contribution in [0.1, 0.15) is 44.6 Å². The van der Waals surface area contributed by atoms with Gasteiger partial charge < -0.3 is 29.8 Å². The van der Waals surface area contributed by atoms with Crippen molar-refractivity contribution in [1.82, 2.24) is 4.57 Å². The van der Waals surface area contributed by atoms with E-state index in [4.69, 9.17) is 20.3 Å². The minimum atomic E-state index is -1.58. The SMILES string of the molecule is COc1c(N2CC3C4CCC(N)(CC4)C3C2)c(F)cc2c(=O)c(OC(=O)O)cn(C3CC3)c12. The summed E-state index contributed by atoms with van der Waals surface area (Å²) in [6.07, 6.45) is 5.92. The summed E-state index contributed by atoms with van der Waals surface area (Å²) in [6, 6.07) is 1.29. The van der Waals surface area contributed by atoms with Crippen LogP contribution in [0.4, 0.5) is 14.9 Å². The van der Waals surface area contributed by atoms with E-state index in [9.17, 15) is 9.59 Å². The Morgan fingerprint density at radius 2 is 1.97 bits per heavy atom. The molecule has 33 heavy (non-hydrogen) atoms. The zero-order chi connectivity index (χ0) is 23.1. The highest BCUT2D eigenvalue weighted by Gasteiger charge is 2.55. The van der Waals surface area contributed by atoms with Gasteiger partial charge in [0.15, 0.2) is 17.3 Å². The molecule has 9 heteroatoms. The Balaban J connectivity index is 1.51. The van der Waals surface area contributed by atoms with Gasteiger partial charge >= 0.3 is 6.16 Å². The molecule has 4 aliphatic carbocycles. The first kappa shape index (κ1) is 20.8. The van der Waals surface area contributed by atoms with Crippen molar-refractivity contribution in [2.75, 3.05) is 25.1 Å². The van der Waals surface area contributed by atoms with E-state index in [-0.39, 0.29) is 22.7 Å². The summed E-state index contributed by atoms with van der Waals surface area (Å²) in [5.74, 6) is 0.817. The highest BCUT2D eigenvalue weighted by atomic mass is 19.1. The summed E-state index contributed by atoms with van der Waals surface area (Å²) in [6.45, 7) is 1.39. The van der Waals surface area contributed by atoms with Crippen molar-refractivity contribution in [3.63, 3.8) is 0 Å². The van der Waals surface area contributed by atoms with E-state index in [1.165, 1.54) is 19.4 Å². The summed E-state index contributed by atoms with van der Waals surface area (Å²) in [4.78, 5) is 26.1. The molecular weight excluding hydrogens is 429 g/mol. The van der Waals surface area contributed by atoms with Crippen LogP contribution in [0, 0.1) is 23.6 Å². The fourth-order valence-corrected chi connectivity index (χ4v) is 6.79. The second-order valence-electron chi connectivity index (χ2n) is 10.2. The maximum atomic E-state index is 15.7. The lowest BCUT2D eigenvalue weighted by atomic mass is 9.56. The summed E-state index contributed by atoms with van der Waals surface area (Å²) in [5, 5.41) is 9.10. The molecule has 2 atom stereocenters. The third kappa shape index (κ3) is 3.04. The molecule has 1 aromatic carbocycles. The van der Waals surface area contributed by atoms with Crippen molar-refractivity contribution in [2.45, 2.75) is 50.1 Å². The maximum Gasteiger partial charge on any atom is 0.511 e. The van der Waals surface area contributed by atoms with Gasteiger partial charge in [0.05, 0.1) is 24.2 Å². The maximum absolute atomic E-state index is 15.7. The number of rotatable bonds is 4. The van der Waals surface area contributed by atoms with Gasteiger partial charge in [-0.25, -0.2) is 9.18 Å². The summed E-state index contributed by atoms with van der Waals surface area (Å²) >= 11 is 0. The third-order valence-electron chi connectivity index (χ3n) is 8.49. The number of pyridine rings is 1. The lowest BCUT2D eigenvalue weighted by Crippen LogP contribution is -2.58. The largest absolute Gasteiger partial charge is 0.511 e. The van der Waals surface area contributed by atoms with Gasteiger partial charge in [0.1, 0.15) is 5.69 Å². The lowest BCUT2D eigenvalue weighted by Gasteiger charge is -2.52. The molecular formula is C24H28FN3O5. The molecule has 7 rings (SSSR count). The van der Waals surface area contributed by atoms with Crippen molar-refractivity contribution < 1.29 is 23.8 Å². The molecule has 1 aliphatic heterocycles. The van der Waals surface area contributed by atoms with Crippen LogP contribution in [0.5, 0.6) is 11.5 Å². The highest BCUT2D eigenvalue weighted by Crippen LogP contribution is 2.55. The number of benzene rings is 1. The predicted octanol–water partition coefficient (Wildman–Crippen LogP) is 3.49. The number of hydrogen-bond acceptors (Lipinski definition) is 6. The van der Waals surface area contributed by atoms with Gasteiger partial charge in [-0.15, -0.1) is 0 Å². The monoisotopic (exact) mass is 457 g/mol. The normalized spacial score (nSPS) is 30.5. The van der Waals surface area contributed by atoms with E-state index in [2.05, 4.69) is 4.90 Å². The van der Waals surface area contributed by atoms with E-state index < -0.39 is 17.4 Å². The van der Waals surface area contributed by atoms with Crippen LogP contribution in [-0.2, 0) is 0 Å². The van der Waals surface area contributed by atoms with Crippen LogP contribution in [0.2, 0.25) is 0 Å². The first-order valence-electron chi connectivity index (χ1n) is 11.7. The number of nitrogens with two attached hydrogens (primary N) is 1. The van der Waals surface area contributed by atoms with Crippen LogP contribution >= 0.6 is 0 Å². The molecule has 1 saturated heterocycles. The molecule has 0 spiro atoms. The molecule has 5 aliphatic rings. The summed E-state index contributed by atoms with van der Waals surface area (Å²) in [5.41, 5.74) is 6.81. The Morgan fingerprint density at radius 1 is 1.24 bits per heavy atom. The molecule has 5 fully saturated rings. The topological polar surface area (TPSA) is 107 Å². The molecule has 2 heterocycles. The minimum Gasteiger partial charge on any atom is -0.492 e. The molecule has 2 bridgehead atoms. The smallest absolute Gasteiger partial charge is 0.492 e. The number of carbonyl (C=O) groups is 1. The molecule has 2 aromatic rings. The Kier molecular flexibility index (Phi) is 4.46. The van der Waals surface area contributed by atoms with Gasteiger partial charge in [-0.1, -0.05) is 0 Å². The van der Waals surface area contributed by atoms with Crippen molar-refractivity contribution in [1.29, 1.82) is 0 Å². The molecule has 3 N–H and O–H groups in total. The van der Waals surface area contributed by atoms with E-state index in [1.54, 1.807) is 0 Å². The summed E-state index contributed by atoms with van der Waals surface area (Å²) in [7, 11) is 1.48. The fourth-order valence-electron chi connectivity index (χ4n) is 6.79. The second-order valence-corrected chi connectivity index (χ2v) is 10.2. The van der Waals surface area contributed by atoms with Crippen LogP contribution in [0.15, 0.2) is 17.1 Å². The number of fused-ring (bicyclic) bond motifs is 3. The quantitative estimate of drug-likeness (QED) is 0.677. The zero-order valence-corrected chi connectivity index (χ0v) is 18.6. The summed E-state index contributed by atoms with van der Waals surface area (Å²) < 4.78 is 28.0. The number of anilines is 1. The van der Waals surface area contributed by atoms with Gasteiger partial charge in [-0.3, -0.25) is 4.79 Å². The Morgan fingerprint density at radius 3 is 2.58 bits per heavy atom. The number of methoxy groups -OCH3 is 1. The Labute approximate surface area is 190 Å². The lowest BCUT2D eigenvalue weighted by molar-refractivity contribution is 0.0318. The predicted molar refractivity (Wildman–Crippen MR) is 120 cm³/mol. The average molecular weight is 458 g/mol. The number of nitrogens with zero attached hydrogens (tertiary/aromatic N) is 2. The van der Waals surface area contributed by atoms with Crippen molar-refractivity contribution in [3.8, 4) is 11.5 Å². The molecule has 0 amide bonds. The van der Waals surface area contributed by atoms with Crippen LogP contribution in [0.25, 0.3) is 10.9 Å². The Bertz CT molecular complexity index is 1220. The van der Waals surface area contributed by atoms with E-state index >= 15 is 4.39 Å². The van der Waals surface area contributed by atoms with Crippen molar-refractivity contribution in [3.05, 3.63) is 28.3 Å². The highest BCUT2D eigenvalue weighted by molar-refractivity contribution is 5.92. The molecule has 4 saturated carbocycles. The fraction of sp³-hybridized carbons (Fsp3) is 0.583. The van der Waals surface area contributed by atoms with Gasteiger partial charge in [-0.05, 0) is 62.3 Å². The first-order valence-corrected chi connectivity index (χ1v) is 11.7. The van der Waals surface area contributed by atoms with E-state index in [0.717, 1.165) is 45.1 Å². The van der Waals surface area contributed by atoms with Crippen LogP contribution < -0.4 is 25.5 Å². The van der Waals surface area contributed by atoms with Gasteiger partial charge in [0.2, 0.25) is 5.43 Å². The van der Waals surface area contributed by atoms with Gasteiger partial charge in [0, 0.05) is 24.7 Å². The number of ether oxygens (including phenoxy) is 2. The zero-order valence-electron chi connectivity index (χ0n) is 18.6. The Hall–Kier alpha value is -2.81. The number of aromatic nitrogens is 1. The van der Waals surface area contributed by atoms with Crippen molar-refractivity contribution in [2.24, 2.45) is 23.5 Å². The molecule has 8 nitrogen and oxygen atoms in total. The van der Waals surface area contributed by atoms with E-state index in [1.807, 2.05) is 4.57 Å². The minimum absolute atomic E-state index is 0.0609.